The number of pyridine rings is 1. The summed E-state index contributed by atoms with van der Waals surface area (Å²) in [5.74, 6) is 0.797. The molecule has 1 fully saturated rings. The molecule has 2 N–H and O–H groups in total. The van der Waals surface area contributed by atoms with Gasteiger partial charge < -0.3 is 5.73 Å². The molecule has 1 aromatic heterocycles. The van der Waals surface area contributed by atoms with E-state index in [1.54, 1.807) is 6.20 Å². The highest BCUT2D eigenvalue weighted by atomic mass is 79.9. The minimum absolute atomic E-state index is 0.122. The van der Waals surface area contributed by atoms with Crippen molar-refractivity contribution in [3.05, 3.63) is 22.8 Å². The van der Waals surface area contributed by atoms with Gasteiger partial charge in [0.25, 0.3) is 0 Å². The predicted molar refractivity (Wildman–Crippen MR) is 90.7 cm³/mol. The molecule has 1 aliphatic heterocycles. The molecule has 6 heteroatoms. The molecule has 0 aliphatic carbocycles. The lowest BCUT2D eigenvalue weighted by molar-refractivity contribution is 0.118. The van der Waals surface area contributed by atoms with Gasteiger partial charge in [0.1, 0.15) is 5.82 Å². The van der Waals surface area contributed by atoms with Crippen molar-refractivity contribution in [3.8, 4) is 0 Å². The van der Waals surface area contributed by atoms with Crippen LogP contribution in [0.25, 0.3) is 0 Å². The van der Waals surface area contributed by atoms with Crippen LogP contribution in [-0.2, 0) is 0 Å². The van der Waals surface area contributed by atoms with Gasteiger partial charge in [-0.25, -0.2) is 4.98 Å². The molecule has 0 amide bonds. The topological polar surface area (TPSA) is 45.4 Å². The lowest BCUT2D eigenvalue weighted by atomic mass is 10.0. The van der Waals surface area contributed by atoms with Gasteiger partial charge in [0, 0.05) is 23.3 Å². The summed E-state index contributed by atoms with van der Waals surface area (Å²) in [5.41, 5.74) is 5.94. The maximum absolute atomic E-state index is 5.94. The first-order valence-electron chi connectivity index (χ1n) is 6.96. The Labute approximate surface area is 134 Å². The number of nitrogens with two attached hydrogens (primary N) is 1. The fraction of sp³-hybridized carbons (Fsp3) is 0.571. The molecule has 0 radical (unpaired) electrons. The van der Waals surface area contributed by atoms with E-state index in [2.05, 4.69) is 39.7 Å². The first-order chi connectivity index (χ1) is 9.50. The van der Waals surface area contributed by atoms with E-state index in [0.29, 0.717) is 11.2 Å². The third-order valence-corrected chi connectivity index (χ3v) is 4.57. The number of anilines is 1. The zero-order valence-electron chi connectivity index (χ0n) is 11.9. The van der Waals surface area contributed by atoms with E-state index in [-0.39, 0.29) is 6.17 Å². The van der Waals surface area contributed by atoms with Gasteiger partial charge in [-0.1, -0.05) is 6.42 Å². The van der Waals surface area contributed by atoms with Gasteiger partial charge in [-0.3, -0.25) is 9.80 Å². The zero-order chi connectivity index (χ0) is 14.7. The summed E-state index contributed by atoms with van der Waals surface area (Å²) >= 11 is 8.64. The number of likely N-dealkylation sites (tertiary alicyclic amines) is 1. The van der Waals surface area contributed by atoms with Gasteiger partial charge in [-0.05, 0) is 67.0 Å². The van der Waals surface area contributed by atoms with Crippen molar-refractivity contribution >= 4 is 39.1 Å². The molecule has 0 saturated carbocycles. The van der Waals surface area contributed by atoms with Gasteiger partial charge in [0.05, 0.1) is 6.17 Å². The molecular weight excluding hydrogens is 336 g/mol. The molecule has 2 heterocycles. The van der Waals surface area contributed by atoms with Crippen molar-refractivity contribution in [2.24, 2.45) is 5.73 Å². The van der Waals surface area contributed by atoms with Gasteiger partial charge in [-0.15, -0.1) is 0 Å². The first-order valence-corrected chi connectivity index (χ1v) is 8.17. The number of piperidine rings is 1. The second kappa shape index (κ2) is 6.83. The number of thiocarbonyl (C=S) groups is 1. The summed E-state index contributed by atoms with van der Waals surface area (Å²) in [5, 5.41) is 0.366. The number of hydrogen-bond donors (Lipinski definition) is 1. The number of aromatic nitrogens is 1. The van der Waals surface area contributed by atoms with Crippen LogP contribution in [0, 0.1) is 0 Å². The van der Waals surface area contributed by atoms with Crippen LogP contribution in [0.5, 0.6) is 0 Å². The molecule has 1 aliphatic rings. The van der Waals surface area contributed by atoms with Crippen molar-refractivity contribution in [2.75, 3.05) is 11.4 Å². The molecule has 2 atom stereocenters. The van der Waals surface area contributed by atoms with Gasteiger partial charge in [-0.2, -0.15) is 0 Å². The summed E-state index contributed by atoms with van der Waals surface area (Å²) in [6, 6.07) is 4.44. The molecule has 1 aromatic rings. The van der Waals surface area contributed by atoms with Crippen molar-refractivity contribution in [3.63, 3.8) is 0 Å². The Morgan fingerprint density at radius 2 is 2.30 bits per heavy atom. The quantitative estimate of drug-likeness (QED) is 0.843. The average molecular weight is 357 g/mol. The Hall–Kier alpha value is -0.720. The van der Waals surface area contributed by atoms with Crippen molar-refractivity contribution < 1.29 is 0 Å². The number of halogens is 1. The lowest BCUT2D eigenvalue weighted by Crippen LogP contribution is -2.55. The normalized spacial score (nSPS) is 21.4. The van der Waals surface area contributed by atoms with Crippen molar-refractivity contribution in [1.82, 2.24) is 9.88 Å². The van der Waals surface area contributed by atoms with E-state index in [0.717, 1.165) is 16.8 Å². The Balaban J connectivity index is 2.23. The van der Waals surface area contributed by atoms with E-state index in [1.807, 2.05) is 17.0 Å². The fourth-order valence-corrected chi connectivity index (χ4v) is 3.30. The Kier molecular flexibility index (Phi) is 5.35. The minimum atomic E-state index is 0.122. The minimum Gasteiger partial charge on any atom is -0.376 e. The summed E-state index contributed by atoms with van der Waals surface area (Å²) in [7, 11) is 0. The van der Waals surface area contributed by atoms with E-state index >= 15 is 0 Å². The van der Waals surface area contributed by atoms with Crippen molar-refractivity contribution in [2.45, 2.75) is 45.3 Å². The van der Waals surface area contributed by atoms with Crippen LogP contribution in [0.4, 0.5) is 5.82 Å². The highest BCUT2D eigenvalue weighted by Gasteiger charge is 2.29. The molecule has 1 saturated heterocycles. The molecular formula is C14H21BrN4S. The molecule has 0 spiro atoms. The predicted octanol–water partition coefficient (Wildman–Crippen LogP) is 3.11. The molecule has 0 aromatic carbocycles. The monoisotopic (exact) mass is 356 g/mol. The van der Waals surface area contributed by atoms with E-state index < -0.39 is 0 Å². The summed E-state index contributed by atoms with van der Waals surface area (Å²) in [6.45, 7) is 5.49. The third-order valence-electron chi connectivity index (χ3n) is 3.90. The maximum Gasteiger partial charge on any atom is 0.173 e. The van der Waals surface area contributed by atoms with E-state index in [1.165, 1.54) is 19.3 Å². The van der Waals surface area contributed by atoms with Crippen LogP contribution in [-0.4, -0.2) is 33.7 Å². The van der Waals surface area contributed by atoms with Gasteiger partial charge in [0.15, 0.2) is 5.11 Å². The highest BCUT2D eigenvalue weighted by Crippen LogP contribution is 2.24. The fourth-order valence-electron chi connectivity index (χ4n) is 2.82. The number of rotatable bonds is 3. The Morgan fingerprint density at radius 3 is 2.85 bits per heavy atom. The maximum atomic E-state index is 5.94. The van der Waals surface area contributed by atoms with Crippen LogP contribution >= 0.6 is 28.1 Å². The molecule has 4 nitrogen and oxygen atoms in total. The lowest BCUT2D eigenvalue weighted by Gasteiger charge is -2.42. The third kappa shape index (κ3) is 3.48. The Bertz CT molecular complexity index is 465. The second-order valence-corrected chi connectivity index (χ2v) is 6.59. The number of hydrogen-bond acceptors (Lipinski definition) is 3. The summed E-state index contributed by atoms with van der Waals surface area (Å²) in [4.78, 5) is 8.81. The smallest absolute Gasteiger partial charge is 0.173 e. The largest absolute Gasteiger partial charge is 0.376 e. The summed E-state index contributed by atoms with van der Waals surface area (Å²) in [6.07, 6.45) is 5.65. The molecule has 110 valence electrons. The van der Waals surface area contributed by atoms with Gasteiger partial charge in [0.2, 0.25) is 0 Å². The number of nitrogens with zero attached hydrogens (tertiary/aromatic N) is 3. The second-order valence-electron chi connectivity index (χ2n) is 5.26. The standard InChI is InChI=1S/C14H21BrN4S/c1-10-5-3-4-8-18(10)11(2)19(14(16)20)13-7-6-12(15)9-17-13/h6-7,9-11H,3-5,8H2,1-2H3,(H2,16,20). The zero-order valence-corrected chi connectivity index (χ0v) is 14.3. The molecule has 2 unspecified atom stereocenters. The molecule has 0 bridgehead atoms. The van der Waals surface area contributed by atoms with E-state index in [9.17, 15) is 0 Å². The SMILES string of the molecule is CC1CCCCN1C(C)N(C(N)=S)c1ccc(Br)cn1. The average Bonchev–Trinajstić information content (AvgIpc) is 2.41. The van der Waals surface area contributed by atoms with E-state index in [4.69, 9.17) is 18.0 Å². The van der Waals surface area contributed by atoms with Crippen LogP contribution < -0.4 is 10.6 Å². The van der Waals surface area contributed by atoms with Gasteiger partial charge >= 0.3 is 0 Å². The van der Waals surface area contributed by atoms with Crippen LogP contribution in [0.3, 0.4) is 0 Å². The molecule has 2 rings (SSSR count). The first kappa shape index (κ1) is 15.7. The van der Waals surface area contributed by atoms with Crippen LogP contribution in [0.15, 0.2) is 22.8 Å². The van der Waals surface area contributed by atoms with Crippen LogP contribution in [0.1, 0.15) is 33.1 Å². The van der Waals surface area contributed by atoms with Crippen LogP contribution in [0.2, 0.25) is 0 Å². The summed E-state index contributed by atoms with van der Waals surface area (Å²) < 4.78 is 0.947. The highest BCUT2D eigenvalue weighted by molar-refractivity contribution is 9.10. The van der Waals surface area contributed by atoms with Crippen molar-refractivity contribution in [1.29, 1.82) is 0 Å². The molecule has 20 heavy (non-hydrogen) atoms. The Morgan fingerprint density at radius 1 is 1.55 bits per heavy atom.